The number of urea groups is 1. The summed E-state index contributed by atoms with van der Waals surface area (Å²) in [4.78, 5) is 25.3. The lowest BCUT2D eigenvalue weighted by atomic mass is 10.0. The lowest BCUT2D eigenvalue weighted by molar-refractivity contribution is -0.123. The number of rotatable bonds is 3. The molecule has 1 unspecified atom stereocenters. The third-order valence-electron chi connectivity index (χ3n) is 4.00. The van der Waals surface area contributed by atoms with Gasteiger partial charge >= 0.3 is 6.03 Å². The average Bonchev–Trinajstić information content (AvgIpc) is 2.59. The molecule has 2 N–H and O–H groups in total. The molecule has 7 heteroatoms. The Bertz CT molecular complexity index is 605. The number of ether oxygens (including phenoxy) is 2. The molecule has 2 heterocycles. The minimum Gasteiger partial charge on any atom is -0.486 e. The van der Waals surface area contributed by atoms with E-state index in [0.29, 0.717) is 32.1 Å². The zero-order chi connectivity index (χ0) is 16.2. The fourth-order valence-electron chi connectivity index (χ4n) is 2.75. The topological polar surface area (TPSA) is 79.9 Å². The van der Waals surface area contributed by atoms with Crippen LogP contribution in [0.25, 0.3) is 0 Å². The highest BCUT2D eigenvalue weighted by Crippen LogP contribution is 2.33. The van der Waals surface area contributed by atoms with E-state index in [-0.39, 0.29) is 24.5 Å². The predicted molar refractivity (Wildman–Crippen MR) is 83.6 cm³/mol. The van der Waals surface area contributed by atoms with Crippen molar-refractivity contribution in [3.63, 3.8) is 0 Å². The predicted octanol–water partition coefficient (Wildman–Crippen LogP) is 1.05. The van der Waals surface area contributed by atoms with Crippen LogP contribution in [-0.2, 0) is 4.79 Å². The number of carbonyl (C=O) groups is 2. The van der Waals surface area contributed by atoms with Gasteiger partial charge in [-0.3, -0.25) is 4.79 Å². The molecular formula is C16H21N3O4. The molecule has 0 spiro atoms. The van der Waals surface area contributed by atoms with E-state index in [1.54, 1.807) is 0 Å². The van der Waals surface area contributed by atoms with Crippen LogP contribution in [0.2, 0.25) is 0 Å². The number of piperazine rings is 1. The van der Waals surface area contributed by atoms with Crippen molar-refractivity contribution >= 4 is 11.9 Å². The van der Waals surface area contributed by atoms with Gasteiger partial charge in [-0.25, -0.2) is 4.79 Å². The lowest BCUT2D eigenvalue weighted by Crippen LogP contribution is -2.53. The average molecular weight is 319 g/mol. The molecule has 0 saturated carbocycles. The molecule has 23 heavy (non-hydrogen) atoms. The number of nitrogens with one attached hydrogen (secondary N) is 2. The molecule has 2 aliphatic rings. The fraction of sp³-hybridized carbons (Fsp3) is 0.500. The second-order valence-electron chi connectivity index (χ2n) is 5.58. The zero-order valence-electron chi connectivity index (χ0n) is 13.1. The summed E-state index contributed by atoms with van der Waals surface area (Å²) < 4.78 is 11.1. The summed E-state index contributed by atoms with van der Waals surface area (Å²) in [6.45, 7) is 4.20. The molecule has 3 rings (SSSR count). The minimum absolute atomic E-state index is 0.101. The van der Waals surface area contributed by atoms with Crippen molar-refractivity contribution in [3.05, 3.63) is 23.8 Å². The lowest BCUT2D eigenvalue weighted by Gasteiger charge is -2.29. The van der Waals surface area contributed by atoms with Crippen LogP contribution in [0.3, 0.4) is 0 Å². The van der Waals surface area contributed by atoms with Crippen LogP contribution < -0.4 is 20.1 Å². The summed E-state index contributed by atoms with van der Waals surface area (Å²) in [6, 6.07) is 5.36. The van der Waals surface area contributed by atoms with Gasteiger partial charge in [0.05, 0.1) is 6.04 Å². The summed E-state index contributed by atoms with van der Waals surface area (Å²) >= 11 is 0. The maximum Gasteiger partial charge on any atom is 0.318 e. The highest BCUT2D eigenvalue weighted by molar-refractivity contribution is 5.85. The number of benzene rings is 1. The Morgan fingerprint density at radius 1 is 1.35 bits per heavy atom. The van der Waals surface area contributed by atoms with Crippen molar-refractivity contribution in [1.82, 2.24) is 15.5 Å². The summed E-state index contributed by atoms with van der Waals surface area (Å²) in [5.41, 5.74) is 0.964. The molecule has 1 fully saturated rings. The van der Waals surface area contributed by atoms with Gasteiger partial charge in [-0.15, -0.1) is 0 Å². The molecule has 0 aromatic heterocycles. The van der Waals surface area contributed by atoms with Crippen LogP contribution >= 0.6 is 0 Å². The molecule has 0 aliphatic carbocycles. The second kappa shape index (κ2) is 6.76. The van der Waals surface area contributed by atoms with Gasteiger partial charge in [0.1, 0.15) is 19.8 Å². The van der Waals surface area contributed by atoms with E-state index in [0.717, 1.165) is 17.7 Å². The first-order chi connectivity index (χ1) is 11.2. The maximum atomic E-state index is 12.4. The molecule has 2 aliphatic heterocycles. The van der Waals surface area contributed by atoms with Gasteiger partial charge in [0.2, 0.25) is 5.91 Å². The standard InChI is InChI=1S/C16H21N3O4/c1-2-12(18-16(21)19-6-5-17-15(20)10-19)11-3-4-13-14(9-11)23-8-7-22-13/h3-4,9,12H,2,5-8,10H2,1H3,(H,17,20)(H,18,21). The first kappa shape index (κ1) is 15.5. The van der Waals surface area contributed by atoms with Crippen LogP contribution in [-0.4, -0.2) is 49.7 Å². The molecular weight excluding hydrogens is 298 g/mol. The van der Waals surface area contributed by atoms with Crippen LogP contribution in [0.15, 0.2) is 18.2 Å². The molecule has 1 atom stereocenters. The largest absolute Gasteiger partial charge is 0.486 e. The SMILES string of the molecule is CCC(NC(=O)N1CCNC(=O)C1)c1ccc2c(c1)OCCO2. The van der Waals surface area contributed by atoms with Crippen molar-refractivity contribution in [2.45, 2.75) is 19.4 Å². The van der Waals surface area contributed by atoms with E-state index in [4.69, 9.17) is 9.47 Å². The van der Waals surface area contributed by atoms with Crippen LogP contribution in [0.1, 0.15) is 24.9 Å². The van der Waals surface area contributed by atoms with E-state index >= 15 is 0 Å². The van der Waals surface area contributed by atoms with Crippen LogP contribution in [0, 0.1) is 0 Å². The van der Waals surface area contributed by atoms with Crippen molar-refractivity contribution in [2.24, 2.45) is 0 Å². The van der Waals surface area contributed by atoms with Gasteiger partial charge < -0.3 is 25.0 Å². The summed E-state index contributed by atoms with van der Waals surface area (Å²) in [5.74, 6) is 1.31. The number of nitrogens with zero attached hydrogens (tertiary/aromatic N) is 1. The fourth-order valence-corrected chi connectivity index (χ4v) is 2.75. The summed E-state index contributed by atoms with van der Waals surface area (Å²) in [7, 11) is 0. The van der Waals surface area contributed by atoms with E-state index in [1.165, 1.54) is 4.90 Å². The van der Waals surface area contributed by atoms with E-state index in [9.17, 15) is 9.59 Å². The minimum atomic E-state index is -0.221. The second-order valence-corrected chi connectivity index (χ2v) is 5.58. The molecule has 1 aromatic rings. The van der Waals surface area contributed by atoms with Crippen LogP contribution in [0.5, 0.6) is 11.5 Å². The Morgan fingerprint density at radius 3 is 2.87 bits per heavy atom. The Kier molecular flexibility index (Phi) is 4.55. The van der Waals surface area contributed by atoms with Crippen molar-refractivity contribution in [1.29, 1.82) is 0 Å². The van der Waals surface area contributed by atoms with Gasteiger partial charge in [-0.1, -0.05) is 13.0 Å². The first-order valence-electron chi connectivity index (χ1n) is 7.89. The molecule has 1 saturated heterocycles. The number of amides is 3. The number of hydrogen-bond donors (Lipinski definition) is 2. The number of fused-ring (bicyclic) bond motifs is 1. The van der Waals surface area contributed by atoms with Crippen molar-refractivity contribution in [3.8, 4) is 11.5 Å². The van der Waals surface area contributed by atoms with E-state index < -0.39 is 0 Å². The van der Waals surface area contributed by atoms with Gasteiger partial charge in [-0.2, -0.15) is 0 Å². The van der Waals surface area contributed by atoms with Gasteiger partial charge in [0.15, 0.2) is 11.5 Å². The highest BCUT2D eigenvalue weighted by atomic mass is 16.6. The Balaban J connectivity index is 1.69. The normalized spacial score (nSPS) is 18.1. The molecule has 7 nitrogen and oxygen atoms in total. The Morgan fingerprint density at radius 2 is 2.13 bits per heavy atom. The molecule has 3 amide bonds. The van der Waals surface area contributed by atoms with E-state index in [2.05, 4.69) is 10.6 Å². The molecule has 124 valence electrons. The third kappa shape index (κ3) is 3.49. The number of carbonyl (C=O) groups excluding carboxylic acids is 2. The quantitative estimate of drug-likeness (QED) is 0.873. The van der Waals surface area contributed by atoms with Gasteiger partial charge in [-0.05, 0) is 24.1 Å². The van der Waals surface area contributed by atoms with E-state index in [1.807, 2.05) is 25.1 Å². The molecule has 0 bridgehead atoms. The monoisotopic (exact) mass is 319 g/mol. The maximum absolute atomic E-state index is 12.4. The van der Waals surface area contributed by atoms with Gasteiger partial charge in [0.25, 0.3) is 0 Å². The van der Waals surface area contributed by atoms with Crippen molar-refractivity contribution in [2.75, 3.05) is 32.8 Å². The molecule has 1 aromatic carbocycles. The van der Waals surface area contributed by atoms with Crippen LogP contribution in [0.4, 0.5) is 4.79 Å². The first-order valence-corrected chi connectivity index (χ1v) is 7.89. The molecule has 0 radical (unpaired) electrons. The van der Waals surface area contributed by atoms with Gasteiger partial charge in [0, 0.05) is 13.1 Å². The summed E-state index contributed by atoms with van der Waals surface area (Å²) in [5, 5.41) is 5.70. The van der Waals surface area contributed by atoms with Crippen molar-refractivity contribution < 1.29 is 19.1 Å². The number of hydrogen-bond acceptors (Lipinski definition) is 4. The zero-order valence-corrected chi connectivity index (χ0v) is 13.1. The highest BCUT2D eigenvalue weighted by Gasteiger charge is 2.24. The summed E-state index contributed by atoms with van der Waals surface area (Å²) in [6.07, 6.45) is 0.741. The Labute approximate surface area is 134 Å². The smallest absolute Gasteiger partial charge is 0.318 e. The Hall–Kier alpha value is -2.44. The third-order valence-corrected chi connectivity index (χ3v) is 4.00.